The quantitative estimate of drug-likeness (QED) is 0.829. The Morgan fingerprint density at radius 1 is 1.08 bits per heavy atom. The number of rotatable bonds is 4. The maximum Gasteiger partial charge on any atom is 0.339 e. The first-order valence-corrected chi connectivity index (χ1v) is 8.98. The van der Waals surface area contributed by atoms with E-state index in [4.69, 9.17) is 15.8 Å². The SMILES string of the molecule is CC(=O)Nc1cc(Cl)ccc1OS(=O)(=O)c1c(C)cc(C)cc1C. The average Bonchev–Trinajstić information content (AvgIpc) is 2.39. The van der Waals surface area contributed by atoms with Crippen molar-refractivity contribution in [2.45, 2.75) is 32.6 Å². The fourth-order valence-electron chi connectivity index (χ4n) is 2.58. The highest BCUT2D eigenvalue weighted by Crippen LogP contribution is 2.32. The van der Waals surface area contributed by atoms with Crippen LogP contribution in [-0.4, -0.2) is 14.3 Å². The summed E-state index contributed by atoms with van der Waals surface area (Å²) in [6.07, 6.45) is 0. The predicted octanol–water partition coefficient (Wildman–Crippen LogP) is 3.99. The Morgan fingerprint density at radius 2 is 1.67 bits per heavy atom. The Labute approximate surface area is 146 Å². The van der Waals surface area contributed by atoms with Gasteiger partial charge in [-0.25, -0.2) is 0 Å². The van der Waals surface area contributed by atoms with Gasteiger partial charge in [-0.2, -0.15) is 8.42 Å². The van der Waals surface area contributed by atoms with E-state index in [1.165, 1.54) is 25.1 Å². The molecule has 2 aromatic carbocycles. The molecule has 1 amide bonds. The van der Waals surface area contributed by atoms with Gasteiger partial charge in [0.1, 0.15) is 4.90 Å². The topological polar surface area (TPSA) is 72.5 Å². The molecule has 0 aromatic heterocycles. The number of halogens is 1. The van der Waals surface area contributed by atoms with E-state index in [0.29, 0.717) is 16.1 Å². The van der Waals surface area contributed by atoms with E-state index in [0.717, 1.165) is 5.56 Å². The summed E-state index contributed by atoms with van der Waals surface area (Å²) in [4.78, 5) is 11.4. The van der Waals surface area contributed by atoms with E-state index in [1.807, 2.05) is 6.92 Å². The lowest BCUT2D eigenvalue weighted by molar-refractivity contribution is -0.114. The van der Waals surface area contributed by atoms with Gasteiger partial charge in [-0.05, 0) is 50.1 Å². The third-order valence-electron chi connectivity index (χ3n) is 3.31. The molecule has 0 aliphatic heterocycles. The Balaban J connectivity index is 2.49. The second-order valence-electron chi connectivity index (χ2n) is 5.59. The first-order chi connectivity index (χ1) is 11.1. The molecule has 0 fully saturated rings. The zero-order valence-electron chi connectivity index (χ0n) is 13.8. The van der Waals surface area contributed by atoms with Crippen molar-refractivity contribution in [3.63, 3.8) is 0 Å². The number of amides is 1. The van der Waals surface area contributed by atoms with Crippen molar-refractivity contribution in [3.05, 3.63) is 52.0 Å². The number of hydrogen-bond donors (Lipinski definition) is 1. The zero-order valence-corrected chi connectivity index (χ0v) is 15.4. The first kappa shape index (κ1) is 18.3. The molecule has 128 valence electrons. The molecule has 0 saturated carbocycles. The fourth-order valence-corrected chi connectivity index (χ4v) is 4.13. The minimum absolute atomic E-state index is 0.00831. The number of nitrogens with one attached hydrogen (secondary N) is 1. The number of hydrogen-bond acceptors (Lipinski definition) is 4. The summed E-state index contributed by atoms with van der Waals surface area (Å²) in [5.74, 6) is -0.351. The van der Waals surface area contributed by atoms with Crippen molar-refractivity contribution >= 4 is 33.3 Å². The largest absolute Gasteiger partial charge is 0.377 e. The summed E-state index contributed by atoms with van der Waals surface area (Å²) in [5.41, 5.74) is 2.36. The minimum Gasteiger partial charge on any atom is -0.377 e. The van der Waals surface area contributed by atoms with Gasteiger partial charge in [-0.3, -0.25) is 4.79 Å². The number of anilines is 1. The number of carbonyl (C=O) groups excluding carboxylic acids is 1. The third kappa shape index (κ3) is 4.07. The molecule has 2 rings (SSSR count). The number of aryl methyl sites for hydroxylation is 3. The molecule has 7 heteroatoms. The molecule has 0 radical (unpaired) electrons. The summed E-state index contributed by atoms with van der Waals surface area (Å²) in [6.45, 7) is 6.64. The van der Waals surface area contributed by atoms with E-state index in [9.17, 15) is 13.2 Å². The second kappa shape index (κ2) is 6.83. The predicted molar refractivity (Wildman–Crippen MR) is 94.2 cm³/mol. The molecule has 1 N–H and O–H groups in total. The van der Waals surface area contributed by atoms with Crippen LogP contribution in [0.15, 0.2) is 35.2 Å². The molecule has 0 saturated heterocycles. The summed E-state index contributed by atoms with van der Waals surface area (Å²) in [5, 5.41) is 2.87. The van der Waals surface area contributed by atoms with Gasteiger partial charge < -0.3 is 9.50 Å². The molecule has 0 aliphatic rings. The normalized spacial score (nSPS) is 11.2. The summed E-state index contributed by atoms with van der Waals surface area (Å²) >= 11 is 5.90. The third-order valence-corrected chi connectivity index (χ3v) is 5.08. The van der Waals surface area contributed by atoms with Crippen LogP contribution >= 0.6 is 11.6 Å². The van der Waals surface area contributed by atoms with Crippen LogP contribution in [0.25, 0.3) is 0 Å². The molecule has 0 spiro atoms. The van der Waals surface area contributed by atoms with Crippen molar-refractivity contribution in [1.29, 1.82) is 0 Å². The lowest BCUT2D eigenvalue weighted by Crippen LogP contribution is -2.15. The van der Waals surface area contributed by atoms with Crippen molar-refractivity contribution in [2.75, 3.05) is 5.32 Å². The molecule has 0 unspecified atom stereocenters. The highest BCUT2D eigenvalue weighted by Gasteiger charge is 2.23. The Hall–Kier alpha value is -2.05. The minimum atomic E-state index is -4.06. The second-order valence-corrected chi connectivity index (χ2v) is 7.51. The van der Waals surface area contributed by atoms with Gasteiger partial charge in [0, 0.05) is 11.9 Å². The van der Waals surface area contributed by atoms with Crippen LogP contribution in [0.4, 0.5) is 5.69 Å². The van der Waals surface area contributed by atoms with Gasteiger partial charge in [0.05, 0.1) is 5.69 Å². The summed E-state index contributed by atoms with van der Waals surface area (Å²) < 4.78 is 30.7. The number of benzene rings is 2. The molecule has 0 bridgehead atoms. The van der Waals surface area contributed by atoms with Crippen LogP contribution in [0.5, 0.6) is 5.75 Å². The van der Waals surface area contributed by atoms with Crippen LogP contribution in [0, 0.1) is 20.8 Å². The molecule has 0 atom stereocenters. The lowest BCUT2D eigenvalue weighted by atomic mass is 10.1. The molecule has 2 aromatic rings. The van der Waals surface area contributed by atoms with E-state index in [2.05, 4.69) is 5.32 Å². The smallest absolute Gasteiger partial charge is 0.339 e. The average molecular weight is 368 g/mol. The lowest BCUT2D eigenvalue weighted by Gasteiger charge is -2.15. The maximum absolute atomic E-state index is 12.7. The highest BCUT2D eigenvalue weighted by atomic mass is 35.5. The van der Waals surface area contributed by atoms with Crippen LogP contribution in [0.1, 0.15) is 23.6 Å². The van der Waals surface area contributed by atoms with Crippen molar-refractivity contribution in [1.82, 2.24) is 0 Å². The summed E-state index contributed by atoms with van der Waals surface area (Å²) in [6, 6.07) is 7.89. The van der Waals surface area contributed by atoms with Crippen LogP contribution in [0.3, 0.4) is 0 Å². The zero-order chi connectivity index (χ0) is 18.1. The molecule has 0 heterocycles. The van der Waals surface area contributed by atoms with Gasteiger partial charge in [0.25, 0.3) is 0 Å². The molecular weight excluding hydrogens is 350 g/mol. The molecule has 24 heavy (non-hydrogen) atoms. The van der Waals surface area contributed by atoms with Gasteiger partial charge in [-0.1, -0.05) is 29.3 Å². The monoisotopic (exact) mass is 367 g/mol. The first-order valence-electron chi connectivity index (χ1n) is 7.19. The van der Waals surface area contributed by atoms with Crippen molar-refractivity contribution in [3.8, 4) is 5.75 Å². The Morgan fingerprint density at radius 3 is 2.21 bits per heavy atom. The van der Waals surface area contributed by atoms with Gasteiger partial charge in [-0.15, -0.1) is 0 Å². The standard InChI is InChI=1S/C17H18ClNO4S/c1-10-7-11(2)17(12(3)8-10)24(21,22)23-16-6-5-14(18)9-15(16)19-13(4)20/h5-9H,1-4H3,(H,19,20). The van der Waals surface area contributed by atoms with Crippen LogP contribution in [-0.2, 0) is 14.9 Å². The molecule has 5 nitrogen and oxygen atoms in total. The van der Waals surface area contributed by atoms with Crippen molar-refractivity contribution in [2.24, 2.45) is 0 Å². The van der Waals surface area contributed by atoms with Gasteiger partial charge in [0.2, 0.25) is 5.91 Å². The number of carbonyl (C=O) groups is 1. The van der Waals surface area contributed by atoms with E-state index in [-0.39, 0.29) is 22.2 Å². The Kier molecular flexibility index (Phi) is 5.20. The van der Waals surface area contributed by atoms with Crippen LogP contribution in [0.2, 0.25) is 5.02 Å². The van der Waals surface area contributed by atoms with Gasteiger partial charge in [0.15, 0.2) is 5.75 Å². The van der Waals surface area contributed by atoms with Crippen LogP contribution < -0.4 is 9.50 Å². The maximum atomic E-state index is 12.7. The van der Waals surface area contributed by atoms with Crippen molar-refractivity contribution < 1.29 is 17.4 Å². The molecule has 0 aliphatic carbocycles. The van der Waals surface area contributed by atoms with E-state index >= 15 is 0 Å². The molecular formula is C17H18ClNO4S. The fraction of sp³-hybridized carbons (Fsp3) is 0.235. The highest BCUT2D eigenvalue weighted by molar-refractivity contribution is 7.87. The summed E-state index contributed by atoms with van der Waals surface area (Å²) in [7, 11) is -4.06. The Bertz CT molecular complexity index is 884. The van der Waals surface area contributed by atoms with E-state index < -0.39 is 10.1 Å². The van der Waals surface area contributed by atoms with Gasteiger partial charge >= 0.3 is 10.1 Å². The van der Waals surface area contributed by atoms with E-state index in [1.54, 1.807) is 26.0 Å².